The van der Waals surface area contributed by atoms with Gasteiger partial charge in [-0.2, -0.15) is 0 Å². The third-order valence-corrected chi connectivity index (χ3v) is 5.86. The minimum atomic E-state index is 0.407. The molecule has 1 aromatic carbocycles. The molecule has 19 heavy (non-hydrogen) atoms. The van der Waals surface area contributed by atoms with Gasteiger partial charge in [0, 0.05) is 14.9 Å². The molecule has 0 bridgehead atoms. The Morgan fingerprint density at radius 2 is 2.32 bits per heavy atom. The smallest absolute Gasteiger partial charge is 0.123 e. The standard InChI is InChI=1S/C14H14BrClN2S/c1-17-11-3-2-4-12-13(11)18-14(19-12)8-5-6-10(16)9(15)7-8/h5-7,11,17H,2-4H2,1H3. The summed E-state index contributed by atoms with van der Waals surface area (Å²) in [6.45, 7) is 0. The Hall–Kier alpha value is -0.420. The fourth-order valence-electron chi connectivity index (χ4n) is 2.45. The number of aryl methyl sites for hydroxylation is 1. The van der Waals surface area contributed by atoms with Crippen molar-refractivity contribution in [3.05, 3.63) is 38.3 Å². The summed E-state index contributed by atoms with van der Waals surface area (Å²) in [4.78, 5) is 6.26. The number of fused-ring (bicyclic) bond motifs is 1. The first-order valence-corrected chi connectivity index (χ1v) is 8.30. The van der Waals surface area contributed by atoms with Crippen LogP contribution >= 0.6 is 38.9 Å². The van der Waals surface area contributed by atoms with E-state index in [0.29, 0.717) is 6.04 Å². The van der Waals surface area contributed by atoms with Crippen molar-refractivity contribution in [2.75, 3.05) is 7.05 Å². The second-order valence-electron chi connectivity index (χ2n) is 4.69. The molecule has 1 N–H and O–H groups in total. The predicted molar refractivity (Wildman–Crippen MR) is 85.0 cm³/mol. The van der Waals surface area contributed by atoms with Crippen molar-refractivity contribution in [3.8, 4) is 10.6 Å². The van der Waals surface area contributed by atoms with E-state index < -0.39 is 0 Å². The molecule has 0 spiro atoms. The van der Waals surface area contributed by atoms with Gasteiger partial charge in [-0.1, -0.05) is 17.7 Å². The summed E-state index contributed by atoms with van der Waals surface area (Å²) >= 11 is 11.3. The molecule has 1 aliphatic rings. The molecule has 0 radical (unpaired) electrons. The summed E-state index contributed by atoms with van der Waals surface area (Å²) in [7, 11) is 2.01. The van der Waals surface area contributed by atoms with Crippen molar-refractivity contribution in [2.45, 2.75) is 25.3 Å². The summed E-state index contributed by atoms with van der Waals surface area (Å²) < 4.78 is 0.921. The average molecular weight is 358 g/mol. The first-order valence-electron chi connectivity index (χ1n) is 6.31. The SMILES string of the molecule is CNC1CCCc2sc(-c3ccc(Cl)c(Br)c3)nc21. The molecule has 0 fully saturated rings. The Bertz CT molecular complexity index is 611. The zero-order valence-corrected chi connectivity index (χ0v) is 13.7. The number of aromatic nitrogens is 1. The van der Waals surface area contributed by atoms with Gasteiger partial charge in [0.2, 0.25) is 0 Å². The summed E-state index contributed by atoms with van der Waals surface area (Å²) in [5.74, 6) is 0. The van der Waals surface area contributed by atoms with Crippen molar-refractivity contribution in [1.29, 1.82) is 0 Å². The molecule has 0 saturated heterocycles. The molecule has 1 unspecified atom stereocenters. The van der Waals surface area contributed by atoms with Crippen LogP contribution in [0.1, 0.15) is 29.5 Å². The predicted octanol–water partition coefficient (Wildman–Crippen LogP) is 4.82. The van der Waals surface area contributed by atoms with E-state index in [1.807, 2.05) is 36.6 Å². The van der Waals surface area contributed by atoms with Gasteiger partial charge >= 0.3 is 0 Å². The molecule has 0 aliphatic heterocycles. The largest absolute Gasteiger partial charge is 0.312 e. The van der Waals surface area contributed by atoms with E-state index in [1.165, 1.54) is 23.4 Å². The quantitative estimate of drug-likeness (QED) is 0.833. The van der Waals surface area contributed by atoms with Gasteiger partial charge in [0.1, 0.15) is 5.01 Å². The molecule has 3 rings (SSSR count). The molecular weight excluding hydrogens is 344 g/mol. The summed E-state index contributed by atoms with van der Waals surface area (Å²) in [6.07, 6.45) is 3.57. The van der Waals surface area contributed by atoms with Gasteiger partial charge in [0.05, 0.1) is 16.8 Å². The van der Waals surface area contributed by atoms with Crippen molar-refractivity contribution in [3.63, 3.8) is 0 Å². The number of hydrogen-bond donors (Lipinski definition) is 1. The highest BCUT2D eigenvalue weighted by Gasteiger charge is 2.23. The minimum Gasteiger partial charge on any atom is -0.312 e. The number of thiazole rings is 1. The first kappa shape index (κ1) is 13.6. The number of nitrogens with zero attached hydrogens (tertiary/aromatic N) is 1. The highest BCUT2D eigenvalue weighted by atomic mass is 79.9. The van der Waals surface area contributed by atoms with Crippen molar-refractivity contribution in [2.24, 2.45) is 0 Å². The van der Waals surface area contributed by atoms with E-state index in [1.54, 1.807) is 0 Å². The normalized spacial score (nSPS) is 18.4. The molecule has 5 heteroatoms. The third kappa shape index (κ3) is 2.59. The summed E-state index contributed by atoms with van der Waals surface area (Å²) in [6, 6.07) is 6.40. The Kier molecular flexibility index (Phi) is 3.94. The van der Waals surface area contributed by atoms with Crippen LogP contribution in [0.5, 0.6) is 0 Å². The molecular formula is C14H14BrClN2S. The molecule has 1 aliphatic carbocycles. The second-order valence-corrected chi connectivity index (χ2v) is 7.03. The lowest BCUT2D eigenvalue weighted by atomic mass is 9.98. The van der Waals surface area contributed by atoms with Gasteiger partial charge < -0.3 is 5.32 Å². The van der Waals surface area contributed by atoms with Gasteiger partial charge in [-0.15, -0.1) is 11.3 Å². The van der Waals surface area contributed by atoms with Crippen molar-refractivity contribution in [1.82, 2.24) is 10.3 Å². The van der Waals surface area contributed by atoms with Gasteiger partial charge in [-0.3, -0.25) is 0 Å². The molecule has 2 aromatic rings. The summed E-state index contributed by atoms with van der Waals surface area (Å²) in [5, 5.41) is 5.18. The molecule has 1 atom stereocenters. The maximum atomic E-state index is 6.04. The molecule has 1 heterocycles. The maximum absolute atomic E-state index is 6.04. The van der Waals surface area contributed by atoms with E-state index in [9.17, 15) is 0 Å². The first-order chi connectivity index (χ1) is 9.19. The molecule has 0 amide bonds. The van der Waals surface area contributed by atoms with Gasteiger partial charge in [-0.25, -0.2) is 4.98 Å². The van der Waals surface area contributed by atoms with Gasteiger partial charge in [0.15, 0.2) is 0 Å². The second kappa shape index (κ2) is 5.52. The van der Waals surface area contributed by atoms with E-state index >= 15 is 0 Å². The van der Waals surface area contributed by atoms with Crippen LogP contribution in [-0.2, 0) is 6.42 Å². The lowest BCUT2D eigenvalue weighted by Gasteiger charge is -2.19. The Morgan fingerprint density at radius 3 is 3.05 bits per heavy atom. The number of nitrogens with one attached hydrogen (secondary N) is 1. The zero-order valence-electron chi connectivity index (χ0n) is 10.5. The fourth-order valence-corrected chi connectivity index (χ4v) is 4.11. The summed E-state index contributed by atoms with van der Waals surface area (Å²) in [5.41, 5.74) is 2.37. The van der Waals surface area contributed by atoms with Crippen LogP contribution in [0.15, 0.2) is 22.7 Å². The Morgan fingerprint density at radius 1 is 1.47 bits per heavy atom. The fraction of sp³-hybridized carbons (Fsp3) is 0.357. The Balaban J connectivity index is 2.02. The van der Waals surface area contributed by atoms with Crippen LogP contribution in [0.4, 0.5) is 0 Å². The van der Waals surface area contributed by atoms with Crippen LogP contribution in [0.25, 0.3) is 10.6 Å². The molecule has 100 valence electrons. The third-order valence-electron chi connectivity index (χ3n) is 3.47. The Labute approximate surface area is 130 Å². The topological polar surface area (TPSA) is 24.9 Å². The van der Waals surface area contributed by atoms with Gasteiger partial charge in [0.25, 0.3) is 0 Å². The van der Waals surface area contributed by atoms with Crippen LogP contribution in [-0.4, -0.2) is 12.0 Å². The minimum absolute atomic E-state index is 0.407. The van der Waals surface area contributed by atoms with E-state index in [4.69, 9.17) is 16.6 Å². The van der Waals surface area contributed by atoms with Crippen LogP contribution in [0.2, 0.25) is 5.02 Å². The lowest BCUT2D eigenvalue weighted by molar-refractivity contribution is 0.490. The number of halogens is 2. The number of benzene rings is 1. The zero-order chi connectivity index (χ0) is 13.4. The van der Waals surface area contributed by atoms with Crippen LogP contribution in [0.3, 0.4) is 0 Å². The van der Waals surface area contributed by atoms with E-state index in [2.05, 4.69) is 21.2 Å². The average Bonchev–Trinajstić information content (AvgIpc) is 2.85. The number of rotatable bonds is 2. The van der Waals surface area contributed by atoms with Crippen molar-refractivity contribution < 1.29 is 0 Å². The van der Waals surface area contributed by atoms with Crippen LogP contribution in [0, 0.1) is 0 Å². The maximum Gasteiger partial charge on any atom is 0.123 e. The van der Waals surface area contributed by atoms with Crippen molar-refractivity contribution >= 4 is 38.9 Å². The molecule has 1 aromatic heterocycles. The van der Waals surface area contributed by atoms with Gasteiger partial charge in [-0.05, 0) is 54.4 Å². The van der Waals surface area contributed by atoms with E-state index in [0.717, 1.165) is 26.5 Å². The molecule has 0 saturated carbocycles. The highest BCUT2D eigenvalue weighted by Crippen LogP contribution is 2.38. The lowest BCUT2D eigenvalue weighted by Crippen LogP contribution is -2.21. The monoisotopic (exact) mass is 356 g/mol. The molecule has 2 nitrogen and oxygen atoms in total. The van der Waals surface area contributed by atoms with Crippen LogP contribution < -0.4 is 5.32 Å². The van der Waals surface area contributed by atoms with E-state index in [-0.39, 0.29) is 0 Å². The number of hydrogen-bond acceptors (Lipinski definition) is 3. The highest BCUT2D eigenvalue weighted by molar-refractivity contribution is 9.10.